The highest BCUT2D eigenvalue weighted by molar-refractivity contribution is 5.79. The molecule has 0 saturated carbocycles. The minimum Gasteiger partial charge on any atom is -0.491 e. The highest BCUT2D eigenvalue weighted by Crippen LogP contribution is 2.22. The standard InChI is InChI=1S/C21H28N6O/c1-5-22-21(24-14-20-26-25-19-8-6-7-11-27(19)20)23-13-17-10-9-16(4)12-18(17)28-15(2)3/h6-12,15H,5,13-14H2,1-4H3,(H2,22,23,24). The van der Waals surface area contributed by atoms with Gasteiger partial charge in [0.25, 0.3) is 0 Å². The molecule has 0 bridgehead atoms. The lowest BCUT2D eigenvalue weighted by molar-refractivity contribution is 0.240. The Hall–Kier alpha value is -3.09. The molecule has 0 fully saturated rings. The molecule has 0 radical (unpaired) electrons. The molecule has 2 N–H and O–H groups in total. The van der Waals surface area contributed by atoms with Crippen molar-refractivity contribution in [2.45, 2.75) is 46.9 Å². The average Bonchev–Trinajstić information content (AvgIpc) is 3.08. The van der Waals surface area contributed by atoms with Crippen molar-refractivity contribution in [3.05, 3.63) is 59.5 Å². The average molecular weight is 380 g/mol. The Morgan fingerprint density at radius 2 is 2.04 bits per heavy atom. The molecule has 0 aliphatic carbocycles. The van der Waals surface area contributed by atoms with Crippen molar-refractivity contribution in [1.82, 2.24) is 25.2 Å². The van der Waals surface area contributed by atoms with E-state index in [-0.39, 0.29) is 6.10 Å². The molecule has 7 nitrogen and oxygen atoms in total. The molecule has 3 rings (SSSR count). The van der Waals surface area contributed by atoms with Gasteiger partial charge in [0.1, 0.15) is 5.75 Å². The molecule has 2 aromatic heterocycles. The Balaban J connectivity index is 1.72. The Morgan fingerprint density at radius 1 is 1.18 bits per heavy atom. The minimum absolute atomic E-state index is 0.122. The molecule has 1 aromatic carbocycles. The molecular formula is C21H28N6O. The number of aromatic nitrogens is 3. The van der Waals surface area contributed by atoms with Crippen LogP contribution >= 0.6 is 0 Å². The molecule has 0 aliphatic rings. The maximum atomic E-state index is 5.95. The van der Waals surface area contributed by atoms with Gasteiger partial charge in [-0.05, 0) is 51.5 Å². The Morgan fingerprint density at radius 3 is 2.82 bits per heavy atom. The molecular weight excluding hydrogens is 352 g/mol. The fourth-order valence-corrected chi connectivity index (χ4v) is 2.84. The van der Waals surface area contributed by atoms with Crippen LogP contribution in [0.25, 0.3) is 5.65 Å². The molecule has 0 amide bonds. The van der Waals surface area contributed by atoms with Crippen LogP contribution in [-0.4, -0.2) is 33.2 Å². The summed E-state index contributed by atoms with van der Waals surface area (Å²) in [6.45, 7) is 10.00. The number of rotatable bonds is 7. The van der Waals surface area contributed by atoms with E-state index < -0.39 is 0 Å². The van der Waals surface area contributed by atoms with Crippen molar-refractivity contribution >= 4 is 11.6 Å². The SMILES string of the molecule is CCNC(=NCc1ccc(C)cc1OC(C)C)NCc1nnc2ccccn12. The Kier molecular flexibility index (Phi) is 6.47. The smallest absolute Gasteiger partial charge is 0.191 e. The first-order valence-corrected chi connectivity index (χ1v) is 9.64. The zero-order valence-corrected chi connectivity index (χ0v) is 16.9. The Labute approximate surface area is 165 Å². The van der Waals surface area contributed by atoms with Crippen LogP contribution in [0, 0.1) is 6.92 Å². The zero-order valence-electron chi connectivity index (χ0n) is 16.9. The molecule has 7 heteroatoms. The van der Waals surface area contributed by atoms with Crippen molar-refractivity contribution in [3.63, 3.8) is 0 Å². The zero-order chi connectivity index (χ0) is 19.9. The van der Waals surface area contributed by atoms with E-state index in [0.717, 1.165) is 35.3 Å². The van der Waals surface area contributed by atoms with E-state index in [1.165, 1.54) is 5.56 Å². The molecule has 0 unspecified atom stereocenters. The highest BCUT2D eigenvalue weighted by atomic mass is 16.5. The van der Waals surface area contributed by atoms with Crippen LogP contribution in [-0.2, 0) is 13.1 Å². The summed E-state index contributed by atoms with van der Waals surface area (Å²) in [4.78, 5) is 4.72. The monoisotopic (exact) mass is 380 g/mol. The normalized spacial score (nSPS) is 11.8. The predicted molar refractivity (Wildman–Crippen MR) is 112 cm³/mol. The summed E-state index contributed by atoms with van der Waals surface area (Å²) in [5.74, 6) is 2.45. The number of fused-ring (bicyclic) bond motifs is 1. The Bertz CT molecular complexity index is 947. The van der Waals surface area contributed by atoms with Gasteiger partial charge in [0.05, 0.1) is 19.2 Å². The largest absolute Gasteiger partial charge is 0.491 e. The number of aryl methyl sites for hydroxylation is 1. The number of nitrogens with one attached hydrogen (secondary N) is 2. The maximum Gasteiger partial charge on any atom is 0.191 e. The molecule has 148 valence electrons. The molecule has 0 spiro atoms. The number of aliphatic imine (C=N–C) groups is 1. The lowest BCUT2D eigenvalue weighted by atomic mass is 10.1. The highest BCUT2D eigenvalue weighted by Gasteiger charge is 2.08. The first-order chi connectivity index (χ1) is 13.6. The van der Waals surface area contributed by atoms with Crippen LogP contribution in [0.3, 0.4) is 0 Å². The van der Waals surface area contributed by atoms with E-state index in [9.17, 15) is 0 Å². The summed E-state index contributed by atoms with van der Waals surface area (Å²) in [6.07, 6.45) is 2.08. The number of hydrogen-bond acceptors (Lipinski definition) is 4. The summed E-state index contributed by atoms with van der Waals surface area (Å²) < 4.78 is 7.92. The third kappa shape index (κ3) is 5.00. The number of ether oxygens (including phenoxy) is 1. The van der Waals surface area contributed by atoms with Gasteiger partial charge in [-0.3, -0.25) is 4.40 Å². The van der Waals surface area contributed by atoms with Gasteiger partial charge < -0.3 is 15.4 Å². The molecule has 0 aliphatic heterocycles. The summed E-state index contributed by atoms with van der Waals surface area (Å²) in [5.41, 5.74) is 3.06. The third-order valence-corrected chi connectivity index (χ3v) is 4.14. The third-order valence-electron chi connectivity index (χ3n) is 4.14. The predicted octanol–water partition coefficient (Wildman–Crippen LogP) is 3.08. The van der Waals surface area contributed by atoms with Crippen LogP contribution in [0.15, 0.2) is 47.6 Å². The topological polar surface area (TPSA) is 75.8 Å². The van der Waals surface area contributed by atoms with Crippen molar-refractivity contribution in [3.8, 4) is 5.75 Å². The molecule has 0 atom stereocenters. The van der Waals surface area contributed by atoms with E-state index >= 15 is 0 Å². The van der Waals surface area contributed by atoms with E-state index in [4.69, 9.17) is 9.73 Å². The van der Waals surface area contributed by atoms with Gasteiger partial charge in [0, 0.05) is 18.3 Å². The van der Waals surface area contributed by atoms with Crippen LogP contribution in [0.2, 0.25) is 0 Å². The second-order valence-corrected chi connectivity index (χ2v) is 6.87. The first-order valence-electron chi connectivity index (χ1n) is 9.64. The summed E-state index contributed by atoms with van der Waals surface area (Å²) in [6, 6.07) is 12.1. The van der Waals surface area contributed by atoms with Gasteiger partial charge in [-0.15, -0.1) is 10.2 Å². The van der Waals surface area contributed by atoms with Crippen molar-refractivity contribution in [2.75, 3.05) is 6.54 Å². The van der Waals surface area contributed by atoms with Crippen LogP contribution in [0.5, 0.6) is 5.75 Å². The van der Waals surface area contributed by atoms with Crippen LogP contribution in [0.4, 0.5) is 0 Å². The van der Waals surface area contributed by atoms with Crippen molar-refractivity contribution in [2.24, 2.45) is 4.99 Å². The molecule has 3 aromatic rings. The van der Waals surface area contributed by atoms with Crippen molar-refractivity contribution in [1.29, 1.82) is 0 Å². The fraction of sp³-hybridized carbons (Fsp3) is 0.381. The summed E-state index contributed by atoms with van der Waals surface area (Å²) >= 11 is 0. The molecule has 2 heterocycles. The van der Waals surface area contributed by atoms with Gasteiger partial charge in [-0.1, -0.05) is 18.2 Å². The summed E-state index contributed by atoms with van der Waals surface area (Å²) in [5, 5.41) is 15.0. The van der Waals surface area contributed by atoms with E-state index in [0.29, 0.717) is 13.1 Å². The van der Waals surface area contributed by atoms with Gasteiger partial charge in [-0.2, -0.15) is 0 Å². The quantitative estimate of drug-likeness (QED) is 0.487. The fourth-order valence-electron chi connectivity index (χ4n) is 2.84. The van der Waals surface area contributed by atoms with Gasteiger partial charge in [0.15, 0.2) is 17.4 Å². The first kappa shape index (κ1) is 19.7. The second-order valence-electron chi connectivity index (χ2n) is 6.87. The number of benzene rings is 1. The molecule has 0 saturated heterocycles. The molecule has 28 heavy (non-hydrogen) atoms. The van der Waals surface area contributed by atoms with Crippen molar-refractivity contribution < 1.29 is 4.74 Å². The van der Waals surface area contributed by atoms with Gasteiger partial charge in [-0.25, -0.2) is 4.99 Å². The lowest BCUT2D eigenvalue weighted by Crippen LogP contribution is -2.37. The number of pyridine rings is 1. The van der Waals surface area contributed by atoms with E-state index in [2.05, 4.69) is 46.0 Å². The number of nitrogens with zero attached hydrogens (tertiary/aromatic N) is 4. The number of guanidine groups is 1. The van der Waals surface area contributed by atoms with Gasteiger partial charge >= 0.3 is 0 Å². The number of hydrogen-bond donors (Lipinski definition) is 2. The summed E-state index contributed by atoms with van der Waals surface area (Å²) in [7, 11) is 0. The van der Waals surface area contributed by atoms with Crippen LogP contribution in [0.1, 0.15) is 37.7 Å². The van der Waals surface area contributed by atoms with Gasteiger partial charge in [0.2, 0.25) is 0 Å². The second kappa shape index (κ2) is 9.21. The maximum absolute atomic E-state index is 5.95. The van der Waals surface area contributed by atoms with E-state index in [1.807, 2.05) is 49.6 Å². The van der Waals surface area contributed by atoms with Crippen LogP contribution < -0.4 is 15.4 Å². The minimum atomic E-state index is 0.122. The lowest BCUT2D eigenvalue weighted by Gasteiger charge is -2.15. The van der Waals surface area contributed by atoms with E-state index in [1.54, 1.807) is 0 Å².